The molecule has 4 nitrogen and oxygen atoms in total. The van der Waals surface area contributed by atoms with Gasteiger partial charge < -0.3 is 4.74 Å². The molecule has 0 saturated carbocycles. The van der Waals surface area contributed by atoms with Crippen LogP contribution in [0.3, 0.4) is 0 Å². The molecule has 0 aromatic heterocycles. The van der Waals surface area contributed by atoms with E-state index in [4.69, 9.17) is 4.74 Å². The number of rotatable bonds is 4. The number of amides is 2. The number of ether oxygens (including phenoxy) is 1. The average Bonchev–Trinajstić information content (AvgIpc) is 2.34. The fourth-order valence-electron chi connectivity index (χ4n) is 1.71. The monoisotopic (exact) mass is 233 g/mol. The van der Waals surface area contributed by atoms with Crippen molar-refractivity contribution in [1.29, 1.82) is 0 Å². The Balaban J connectivity index is 1.98. The van der Waals surface area contributed by atoms with Crippen molar-refractivity contribution >= 4 is 11.8 Å². The molecule has 0 N–H and O–H groups in total. The number of nitrogens with zero attached hydrogens (tertiary/aromatic N) is 1. The SMILES string of the molecule is CC(C)CN1C(=O)C(Oc2ccccc2)C1=O. The molecule has 0 aliphatic carbocycles. The molecule has 1 heterocycles. The highest BCUT2D eigenvalue weighted by molar-refractivity contribution is 6.20. The summed E-state index contributed by atoms with van der Waals surface area (Å²) in [5.74, 6) is 0.337. The molecule has 1 saturated heterocycles. The minimum atomic E-state index is -0.948. The van der Waals surface area contributed by atoms with E-state index in [0.717, 1.165) is 0 Å². The van der Waals surface area contributed by atoms with Gasteiger partial charge in [-0.05, 0) is 18.1 Å². The Hall–Kier alpha value is -1.84. The van der Waals surface area contributed by atoms with Crippen molar-refractivity contribution in [2.24, 2.45) is 5.92 Å². The fraction of sp³-hybridized carbons (Fsp3) is 0.385. The van der Waals surface area contributed by atoms with Crippen LogP contribution in [0.1, 0.15) is 13.8 Å². The van der Waals surface area contributed by atoms with Crippen molar-refractivity contribution in [1.82, 2.24) is 4.90 Å². The Morgan fingerprint density at radius 3 is 2.29 bits per heavy atom. The molecule has 2 amide bonds. The van der Waals surface area contributed by atoms with Crippen LogP contribution in [0.4, 0.5) is 0 Å². The van der Waals surface area contributed by atoms with Crippen LogP contribution in [0.25, 0.3) is 0 Å². The topological polar surface area (TPSA) is 46.6 Å². The molecule has 90 valence electrons. The lowest BCUT2D eigenvalue weighted by Crippen LogP contribution is -2.64. The number of benzene rings is 1. The zero-order valence-corrected chi connectivity index (χ0v) is 9.92. The van der Waals surface area contributed by atoms with E-state index < -0.39 is 6.10 Å². The largest absolute Gasteiger partial charge is 0.471 e. The van der Waals surface area contributed by atoms with Gasteiger partial charge in [0.2, 0.25) is 0 Å². The Morgan fingerprint density at radius 2 is 1.76 bits per heavy atom. The third kappa shape index (κ3) is 2.30. The van der Waals surface area contributed by atoms with E-state index in [2.05, 4.69) is 0 Å². The van der Waals surface area contributed by atoms with Crippen molar-refractivity contribution in [2.45, 2.75) is 20.0 Å². The summed E-state index contributed by atoms with van der Waals surface area (Å²) in [5, 5.41) is 0. The fourth-order valence-corrected chi connectivity index (χ4v) is 1.71. The normalized spacial score (nSPS) is 16.3. The molecule has 0 radical (unpaired) electrons. The van der Waals surface area contributed by atoms with Gasteiger partial charge in [0.1, 0.15) is 5.75 Å². The first-order chi connectivity index (χ1) is 8.09. The molecule has 1 aliphatic heterocycles. The first-order valence-corrected chi connectivity index (χ1v) is 5.66. The van der Waals surface area contributed by atoms with E-state index in [9.17, 15) is 9.59 Å². The second-order valence-corrected chi connectivity index (χ2v) is 4.49. The van der Waals surface area contributed by atoms with Crippen LogP contribution in [0.2, 0.25) is 0 Å². The maximum absolute atomic E-state index is 11.7. The molecule has 2 rings (SSSR count). The molecule has 1 aromatic carbocycles. The van der Waals surface area contributed by atoms with Crippen molar-refractivity contribution in [3.05, 3.63) is 30.3 Å². The molecule has 4 heteroatoms. The van der Waals surface area contributed by atoms with E-state index in [1.54, 1.807) is 24.3 Å². The lowest BCUT2D eigenvalue weighted by molar-refractivity contribution is -0.171. The molecule has 17 heavy (non-hydrogen) atoms. The highest BCUT2D eigenvalue weighted by atomic mass is 16.5. The minimum absolute atomic E-state index is 0.243. The van der Waals surface area contributed by atoms with Crippen LogP contribution >= 0.6 is 0 Å². The van der Waals surface area contributed by atoms with Gasteiger partial charge in [-0.1, -0.05) is 32.0 Å². The van der Waals surface area contributed by atoms with Crippen LogP contribution in [0.15, 0.2) is 30.3 Å². The molecule has 0 bridgehead atoms. The van der Waals surface area contributed by atoms with Crippen LogP contribution in [-0.2, 0) is 9.59 Å². The summed E-state index contributed by atoms with van der Waals surface area (Å²) in [6.45, 7) is 4.39. The molecule has 1 aliphatic rings. The Kier molecular flexibility index (Phi) is 3.13. The first-order valence-electron chi connectivity index (χ1n) is 5.66. The van der Waals surface area contributed by atoms with Crippen LogP contribution in [0.5, 0.6) is 5.75 Å². The van der Waals surface area contributed by atoms with Crippen LogP contribution in [0, 0.1) is 5.92 Å². The highest BCUT2D eigenvalue weighted by Gasteiger charge is 2.48. The summed E-state index contributed by atoms with van der Waals surface area (Å²) < 4.78 is 5.35. The summed E-state index contributed by atoms with van der Waals surface area (Å²) in [6.07, 6.45) is -0.948. The number of β-lactam (4-membered cyclic amide) rings is 2. The first kappa shape index (κ1) is 11.6. The second kappa shape index (κ2) is 4.57. The zero-order valence-electron chi connectivity index (χ0n) is 9.92. The van der Waals surface area contributed by atoms with Crippen molar-refractivity contribution in [3.8, 4) is 5.75 Å². The number of hydrogen-bond acceptors (Lipinski definition) is 3. The number of likely N-dealkylation sites (tertiary alicyclic amines) is 1. The lowest BCUT2D eigenvalue weighted by atomic mass is 10.1. The van der Waals surface area contributed by atoms with Crippen LogP contribution in [-0.4, -0.2) is 29.4 Å². The molecule has 0 atom stereocenters. The number of imide groups is 1. The molecule has 0 spiro atoms. The van der Waals surface area contributed by atoms with Gasteiger partial charge in [-0.2, -0.15) is 0 Å². The zero-order chi connectivity index (χ0) is 12.4. The Morgan fingerprint density at radius 1 is 1.18 bits per heavy atom. The maximum atomic E-state index is 11.7. The van der Waals surface area contributed by atoms with E-state index in [0.29, 0.717) is 12.3 Å². The van der Waals surface area contributed by atoms with Gasteiger partial charge in [0, 0.05) is 6.54 Å². The standard InChI is InChI=1S/C13H15NO3/c1-9(2)8-14-12(15)11(13(14)16)17-10-6-4-3-5-7-10/h3-7,9,11H,8H2,1-2H3. The summed E-state index contributed by atoms with van der Waals surface area (Å²) in [7, 11) is 0. The second-order valence-electron chi connectivity index (χ2n) is 4.49. The van der Waals surface area contributed by atoms with E-state index in [1.165, 1.54) is 4.90 Å². The predicted molar refractivity (Wildman–Crippen MR) is 62.4 cm³/mol. The smallest absolute Gasteiger partial charge is 0.280 e. The van der Waals surface area contributed by atoms with Crippen LogP contribution < -0.4 is 4.74 Å². The van der Waals surface area contributed by atoms with Crippen molar-refractivity contribution in [3.63, 3.8) is 0 Å². The molecule has 1 fully saturated rings. The van der Waals surface area contributed by atoms with Crippen molar-refractivity contribution in [2.75, 3.05) is 6.54 Å². The third-order valence-electron chi connectivity index (χ3n) is 2.53. The van der Waals surface area contributed by atoms with E-state index >= 15 is 0 Å². The third-order valence-corrected chi connectivity index (χ3v) is 2.53. The summed E-state index contributed by atoms with van der Waals surface area (Å²) in [4.78, 5) is 24.6. The molecular formula is C13H15NO3. The molecular weight excluding hydrogens is 218 g/mol. The van der Waals surface area contributed by atoms with E-state index in [1.807, 2.05) is 19.9 Å². The van der Waals surface area contributed by atoms with Gasteiger partial charge in [0.15, 0.2) is 0 Å². The van der Waals surface area contributed by atoms with Gasteiger partial charge in [-0.15, -0.1) is 0 Å². The number of para-hydroxylation sites is 1. The maximum Gasteiger partial charge on any atom is 0.280 e. The highest BCUT2D eigenvalue weighted by Crippen LogP contribution is 2.21. The van der Waals surface area contributed by atoms with Crippen molar-refractivity contribution < 1.29 is 14.3 Å². The predicted octanol–water partition coefficient (Wildman–Crippen LogP) is 1.46. The van der Waals surface area contributed by atoms with Gasteiger partial charge >= 0.3 is 0 Å². The minimum Gasteiger partial charge on any atom is -0.471 e. The quantitative estimate of drug-likeness (QED) is 0.584. The van der Waals surface area contributed by atoms with Gasteiger partial charge in [0.25, 0.3) is 17.9 Å². The summed E-state index contributed by atoms with van der Waals surface area (Å²) in [6, 6.07) is 8.91. The van der Waals surface area contributed by atoms with E-state index in [-0.39, 0.29) is 17.7 Å². The number of carbonyl (C=O) groups excluding carboxylic acids is 2. The molecule has 1 aromatic rings. The summed E-state index contributed by atoms with van der Waals surface area (Å²) in [5.41, 5.74) is 0. The van der Waals surface area contributed by atoms with Gasteiger partial charge in [-0.3, -0.25) is 14.5 Å². The van der Waals surface area contributed by atoms with Gasteiger partial charge in [-0.25, -0.2) is 0 Å². The average molecular weight is 233 g/mol. The Bertz CT molecular complexity index is 412. The number of hydrogen-bond donors (Lipinski definition) is 0. The lowest BCUT2D eigenvalue weighted by Gasteiger charge is -2.36. The summed E-state index contributed by atoms with van der Waals surface area (Å²) >= 11 is 0. The molecule has 0 unspecified atom stereocenters. The van der Waals surface area contributed by atoms with Gasteiger partial charge in [0.05, 0.1) is 0 Å². The Labute approximate surface area is 100 Å². The number of carbonyl (C=O) groups is 2.